The number of nitrogens with zero attached hydrogens (tertiary/aromatic N) is 3. The summed E-state index contributed by atoms with van der Waals surface area (Å²) in [5.74, 6) is 3.74. The molecule has 3 aliphatic rings. The first-order chi connectivity index (χ1) is 13.6. The molecular formula is C26H51N3. The fourth-order valence-electron chi connectivity index (χ4n) is 6.76. The van der Waals surface area contributed by atoms with Gasteiger partial charge in [0.15, 0.2) is 0 Å². The van der Waals surface area contributed by atoms with E-state index in [0.29, 0.717) is 11.0 Å². The fourth-order valence-corrected chi connectivity index (χ4v) is 6.76. The van der Waals surface area contributed by atoms with Gasteiger partial charge < -0.3 is 9.80 Å². The summed E-state index contributed by atoms with van der Waals surface area (Å²) in [5.41, 5.74) is 0.833. The summed E-state index contributed by atoms with van der Waals surface area (Å²) in [4.78, 5) is 7.98. The zero-order valence-corrected chi connectivity index (χ0v) is 20.8. The minimum Gasteiger partial charge on any atom is -0.304 e. The van der Waals surface area contributed by atoms with Gasteiger partial charge in [-0.15, -0.1) is 0 Å². The van der Waals surface area contributed by atoms with Crippen LogP contribution >= 0.6 is 0 Å². The van der Waals surface area contributed by atoms with Crippen LogP contribution in [-0.2, 0) is 0 Å². The van der Waals surface area contributed by atoms with Crippen LogP contribution in [0, 0.1) is 29.1 Å². The number of hydrogen-bond acceptors (Lipinski definition) is 3. The molecule has 0 spiro atoms. The molecule has 1 aliphatic carbocycles. The van der Waals surface area contributed by atoms with Crippen molar-refractivity contribution in [1.29, 1.82) is 0 Å². The Labute approximate surface area is 182 Å². The third kappa shape index (κ3) is 5.77. The Bertz CT molecular complexity index is 488. The van der Waals surface area contributed by atoms with Gasteiger partial charge in [0, 0.05) is 38.3 Å². The molecular weight excluding hydrogens is 354 g/mol. The highest BCUT2D eigenvalue weighted by atomic mass is 15.3. The Morgan fingerprint density at radius 3 is 1.76 bits per heavy atom. The van der Waals surface area contributed by atoms with E-state index in [1.165, 1.54) is 84.3 Å². The van der Waals surface area contributed by atoms with Crippen LogP contribution in [-0.4, -0.2) is 73.1 Å². The fraction of sp³-hybridized carbons (Fsp3) is 1.00. The Balaban J connectivity index is 1.47. The Morgan fingerprint density at radius 2 is 1.24 bits per heavy atom. The number of likely N-dealkylation sites (tertiary alicyclic amines) is 1. The van der Waals surface area contributed by atoms with Gasteiger partial charge >= 0.3 is 0 Å². The first kappa shape index (κ1) is 23.5. The standard InChI is InChI=1S/C26H51N3/c1-21(2)22-8-10-23(11-9-22)26(5,6)24-12-14-28(15-13-24)20-25(3,4)29-18-16-27(7)17-19-29/h21-24H,8-20H2,1-7H3. The Kier molecular flexibility index (Phi) is 7.77. The molecule has 0 amide bonds. The van der Waals surface area contributed by atoms with Gasteiger partial charge in [0.2, 0.25) is 0 Å². The maximum atomic E-state index is 2.78. The second kappa shape index (κ2) is 9.57. The molecule has 3 heteroatoms. The van der Waals surface area contributed by atoms with Crippen molar-refractivity contribution in [2.24, 2.45) is 29.1 Å². The average molecular weight is 406 g/mol. The van der Waals surface area contributed by atoms with E-state index in [9.17, 15) is 0 Å². The lowest BCUT2D eigenvalue weighted by Gasteiger charge is -2.50. The molecule has 3 nitrogen and oxygen atoms in total. The minimum atomic E-state index is 0.304. The molecule has 3 rings (SSSR count). The average Bonchev–Trinajstić information content (AvgIpc) is 2.68. The monoisotopic (exact) mass is 405 g/mol. The van der Waals surface area contributed by atoms with E-state index in [4.69, 9.17) is 0 Å². The van der Waals surface area contributed by atoms with Gasteiger partial charge in [-0.05, 0) is 102 Å². The Hall–Kier alpha value is -0.120. The molecule has 3 fully saturated rings. The lowest BCUT2D eigenvalue weighted by Crippen LogP contribution is -2.58. The van der Waals surface area contributed by atoms with Crippen LogP contribution in [0.3, 0.4) is 0 Å². The molecule has 2 aliphatic heterocycles. The molecule has 170 valence electrons. The predicted molar refractivity (Wildman–Crippen MR) is 126 cm³/mol. The van der Waals surface area contributed by atoms with Gasteiger partial charge in [0.05, 0.1) is 0 Å². The number of rotatable bonds is 6. The summed E-state index contributed by atoms with van der Waals surface area (Å²) in [7, 11) is 2.26. The summed E-state index contributed by atoms with van der Waals surface area (Å²) in [6.45, 7) is 23.8. The summed E-state index contributed by atoms with van der Waals surface area (Å²) >= 11 is 0. The van der Waals surface area contributed by atoms with Crippen molar-refractivity contribution < 1.29 is 0 Å². The smallest absolute Gasteiger partial charge is 0.0281 e. The normalized spacial score (nSPS) is 30.2. The van der Waals surface area contributed by atoms with Crippen LogP contribution in [0.5, 0.6) is 0 Å². The summed E-state index contributed by atoms with van der Waals surface area (Å²) in [6, 6.07) is 0. The van der Waals surface area contributed by atoms with Crippen molar-refractivity contribution in [3.05, 3.63) is 0 Å². The van der Waals surface area contributed by atoms with E-state index in [0.717, 1.165) is 23.7 Å². The van der Waals surface area contributed by atoms with E-state index in [-0.39, 0.29) is 0 Å². The van der Waals surface area contributed by atoms with Crippen molar-refractivity contribution in [3.8, 4) is 0 Å². The largest absolute Gasteiger partial charge is 0.304 e. The molecule has 1 saturated carbocycles. The van der Waals surface area contributed by atoms with Gasteiger partial charge in [-0.1, -0.05) is 27.7 Å². The molecule has 0 aromatic heterocycles. The second-order valence-electron chi connectivity index (χ2n) is 12.3. The van der Waals surface area contributed by atoms with E-state index in [1.807, 2.05) is 0 Å². The molecule has 2 saturated heterocycles. The van der Waals surface area contributed by atoms with Crippen molar-refractivity contribution in [2.45, 2.75) is 85.6 Å². The topological polar surface area (TPSA) is 9.72 Å². The van der Waals surface area contributed by atoms with Crippen LogP contribution in [0.1, 0.15) is 80.1 Å². The van der Waals surface area contributed by atoms with Crippen LogP contribution in [0.4, 0.5) is 0 Å². The maximum Gasteiger partial charge on any atom is 0.0281 e. The number of piperazine rings is 1. The number of likely N-dealkylation sites (N-methyl/N-ethyl adjacent to an activating group) is 1. The zero-order chi connectivity index (χ0) is 21.2. The predicted octanol–water partition coefficient (Wildman–Crippen LogP) is 5.21. The van der Waals surface area contributed by atoms with Gasteiger partial charge in [-0.2, -0.15) is 0 Å². The van der Waals surface area contributed by atoms with Gasteiger partial charge in [0.25, 0.3) is 0 Å². The lowest BCUT2D eigenvalue weighted by molar-refractivity contribution is -0.00126. The highest BCUT2D eigenvalue weighted by molar-refractivity contribution is 4.93. The van der Waals surface area contributed by atoms with Gasteiger partial charge in [-0.3, -0.25) is 4.90 Å². The van der Waals surface area contributed by atoms with Crippen molar-refractivity contribution >= 4 is 0 Å². The zero-order valence-electron chi connectivity index (χ0n) is 20.8. The molecule has 0 N–H and O–H groups in total. The SMILES string of the molecule is CC(C)C1CCC(C(C)(C)C2CCN(CC(C)(C)N3CCN(C)CC3)CC2)CC1. The third-order valence-electron chi connectivity index (χ3n) is 9.38. The van der Waals surface area contributed by atoms with E-state index < -0.39 is 0 Å². The molecule has 29 heavy (non-hydrogen) atoms. The van der Waals surface area contributed by atoms with Crippen molar-refractivity contribution in [1.82, 2.24) is 14.7 Å². The maximum absolute atomic E-state index is 2.78. The highest BCUT2D eigenvalue weighted by Gasteiger charge is 2.41. The van der Waals surface area contributed by atoms with E-state index in [1.54, 1.807) is 0 Å². The first-order valence-electron chi connectivity index (χ1n) is 12.8. The molecule has 0 aromatic carbocycles. The lowest BCUT2D eigenvalue weighted by atomic mass is 9.60. The molecule has 0 atom stereocenters. The molecule has 0 bridgehead atoms. The second-order valence-corrected chi connectivity index (χ2v) is 12.3. The quantitative estimate of drug-likeness (QED) is 0.600. The molecule has 0 radical (unpaired) electrons. The van der Waals surface area contributed by atoms with Crippen molar-refractivity contribution in [2.75, 3.05) is 52.9 Å². The number of piperidine rings is 1. The summed E-state index contributed by atoms with van der Waals surface area (Å²) in [5, 5.41) is 0. The van der Waals surface area contributed by atoms with E-state index in [2.05, 4.69) is 63.3 Å². The summed E-state index contributed by atoms with van der Waals surface area (Å²) in [6.07, 6.45) is 8.73. The number of hydrogen-bond donors (Lipinski definition) is 0. The Morgan fingerprint density at radius 1 is 0.724 bits per heavy atom. The van der Waals surface area contributed by atoms with Crippen LogP contribution in [0.2, 0.25) is 0 Å². The molecule has 0 aromatic rings. The molecule has 2 heterocycles. The first-order valence-corrected chi connectivity index (χ1v) is 12.8. The van der Waals surface area contributed by atoms with Gasteiger partial charge in [0.1, 0.15) is 0 Å². The third-order valence-corrected chi connectivity index (χ3v) is 9.38. The van der Waals surface area contributed by atoms with Crippen LogP contribution in [0.25, 0.3) is 0 Å². The highest BCUT2D eigenvalue weighted by Crippen LogP contribution is 2.48. The summed E-state index contributed by atoms with van der Waals surface area (Å²) < 4.78 is 0. The van der Waals surface area contributed by atoms with Crippen molar-refractivity contribution in [3.63, 3.8) is 0 Å². The van der Waals surface area contributed by atoms with Gasteiger partial charge in [-0.25, -0.2) is 0 Å². The van der Waals surface area contributed by atoms with E-state index >= 15 is 0 Å². The van der Waals surface area contributed by atoms with Crippen LogP contribution < -0.4 is 0 Å². The minimum absolute atomic E-state index is 0.304. The van der Waals surface area contributed by atoms with Crippen LogP contribution in [0.15, 0.2) is 0 Å². The molecule has 0 unspecified atom stereocenters.